The summed E-state index contributed by atoms with van der Waals surface area (Å²) in [7, 11) is -4.30. The molecule has 0 aromatic heterocycles. The lowest BCUT2D eigenvalue weighted by atomic mass is 10.1. The zero-order valence-electron chi connectivity index (χ0n) is 20.8. The number of rotatable bonds is 7. The molecular formula is C24H26F4N4O6S. The standard InChI is InChI=1S/C24H26F4N4O6S/c1-23(2,24(26,27)28)38-22(34)31-16-7-10-20-19(11-16)32(39(35,36)18-8-3-14(25)4-9-18)13-17(37-20)12-29-21(33)30-15-5-6-15/h3-4,7-11,15,17H,5-6,12-13H2,1-2H3,(H,31,34)(H2,29,30,33). The topological polar surface area (TPSA) is 126 Å². The molecule has 3 N–H and O–H groups in total. The van der Waals surface area contributed by atoms with Crippen molar-refractivity contribution in [1.82, 2.24) is 10.6 Å². The second-order valence-electron chi connectivity index (χ2n) is 9.56. The number of ether oxygens (including phenoxy) is 2. The normalized spacial score (nSPS) is 17.5. The van der Waals surface area contributed by atoms with Crippen molar-refractivity contribution in [3.8, 4) is 5.75 Å². The summed E-state index contributed by atoms with van der Waals surface area (Å²) in [5.74, 6) is -0.581. The Morgan fingerprint density at radius 3 is 2.38 bits per heavy atom. The zero-order chi connectivity index (χ0) is 28.6. The van der Waals surface area contributed by atoms with E-state index < -0.39 is 45.8 Å². The van der Waals surface area contributed by atoms with Crippen molar-refractivity contribution in [2.24, 2.45) is 0 Å². The molecule has 2 aromatic rings. The number of carbonyl (C=O) groups is 2. The molecule has 3 amide bonds. The quantitative estimate of drug-likeness (QED) is 0.427. The highest BCUT2D eigenvalue weighted by atomic mass is 32.2. The van der Waals surface area contributed by atoms with Crippen LogP contribution in [0.3, 0.4) is 0 Å². The number of benzene rings is 2. The van der Waals surface area contributed by atoms with E-state index in [2.05, 4.69) is 20.7 Å². The van der Waals surface area contributed by atoms with Crippen molar-refractivity contribution in [2.45, 2.75) is 55.5 Å². The summed E-state index contributed by atoms with van der Waals surface area (Å²) in [4.78, 5) is 24.0. The van der Waals surface area contributed by atoms with Crippen molar-refractivity contribution in [3.05, 3.63) is 48.3 Å². The first-order valence-electron chi connectivity index (χ1n) is 11.9. The van der Waals surface area contributed by atoms with E-state index >= 15 is 0 Å². The second kappa shape index (κ2) is 10.4. The minimum atomic E-state index is -4.83. The van der Waals surface area contributed by atoms with Crippen LogP contribution in [0.5, 0.6) is 5.75 Å². The summed E-state index contributed by atoms with van der Waals surface area (Å²) in [6.07, 6.45) is -5.31. The fraction of sp³-hybridized carbons (Fsp3) is 0.417. The number of alkyl halides is 3. The lowest BCUT2D eigenvalue weighted by molar-refractivity contribution is -0.242. The number of carbonyl (C=O) groups excluding carboxylic acids is 2. The monoisotopic (exact) mass is 574 g/mol. The molecule has 0 radical (unpaired) electrons. The molecular weight excluding hydrogens is 548 g/mol. The van der Waals surface area contributed by atoms with Gasteiger partial charge in [0.25, 0.3) is 10.0 Å². The SMILES string of the molecule is CC(C)(OC(=O)Nc1ccc2c(c1)N(S(=O)(=O)c1ccc(F)cc1)CC(CNC(=O)NC1CC1)O2)C(F)(F)F. The summed E-state index contributed by atoms with van der Waals surface area (Å²) in [5, 5.41) is 7.54. The Morgan fingerprint density at radius 1 is 1.10 bits per heavy atom. The third-order valence-corrected chi connectivity index (χ3v) is 7.77. The Bertz CT molecular complexity index is 1350. The highest BCUT2D eigenvalue weighted by molar-refractivity contribution is 7.92. The maximum atomic E-state index is 13.5. The van der Waals surface area contributed by atoms with Gasteiger partial charge in [-0.25, -0.2) is 22.4 Å². The van der Waals surface area contributed by atoms with Gasteiger partial charge in [0, 0.05) is 11.7 Å². The number of fused-ring (bicyclic) bond motifs is 1. The van der Waals surface area contributed by atoms with E-state index in [1.54, 1.807) is 0 Å². The number of anilines is 2. The van der Waals surface area contributed by atoms with E-state index in [0.29, 0.717) is 13.8 Å². The molecule has 2 aliphatic rings. The van der Waals surface area contributed by atoms with Crippen LogP contribution in [0.15, 0.2) is 47.4 Å². The van der Waals surface area contributed by atoms with Crippen molar-refractivity contribution < 1.29 is 45.0 Å². The largest absolute Gasteiger partial charge is 0.484 e. The fourth-order valence-electron chi connectivity index (χ4n) is 3.56. The molecule has 2 aromatic carbocycles. The van der Waals surface area contributed by atoms with E-state index in [9.17, 15) is 35.6 Å². The predicted octanol–water partition coefficient (Wildman–Crippen LogP) is 4.13. The van der Waals surface area contributed by atoms with Crippen molar-refractivity contribution in [1.29, 1.82) is 0 Å². The molecule has 15 heteroatoms. The Balaban J connectivity index is 1.59. The van der Waals surface area contributed by atoms with Gasteiger partial charge in [-0.15, -0.1) is 0 Å². The number of nitrogens with one attached hydrogen (secondary N) is 3. The van der Waals surface area contributed by atoms with Gasteiger partial charge in [-0.05, 0) is 69.2 Å². The van der Waals surface area contributed by atoms with Gasteiger partial charge in [0.05, 0.1) is 23.7 Å². The van der Waals surface area contributed by atoms with Crippen LogP contribution in [0.1, 0.15) is 26.7 Å². The van der Waals surface area contributed by atoms with Gasteiger partial charge in [-0.3, -0.25) is 9.62 Å². The van der Waals surface area contributed by atoms with Crippen LogP contribution in [-0.2, 0) is 14.8 Å². The molecule has 1 atom stereocenters. The van der Waals surface area contributed by atoms with E-state index in [1.807, 2.05) is 0 Å². The number of halogens is 4. The average Bonchev–Trinajstić information content (AvgIpc) is 3.65. The molecule has 0 spiro atoms. The van der Waals surface area contributed by atoms with Gasteiger partial charge in [0.15, 0.2) is 0 Å². The van der Waals surface area contributed by atoms with Crippen molar-refractivity contribution >= 4 is 33.5 Å². The molecule has 212 valence electrons. The molecule has 1 saturated carbocycles. The minimum absolute atomic E-state index is 0.0362. The number of urea groups is 1. The van der Waals surface area contributed by atoms with Crippen LogP contribution in [0, 0.1) is 5.82 Å². The molecule has 1 aliphatic heterocycles. The Labute approximate surface area is 221 Å². The van der Waals surface area contributed by atoms with E-state index in [-0.39, 0.29) is 41.2 Å². The van der Waals surface area contributed by atoms with Crippen molar-refractivity contribution in [2.75, 3.05) is 22.7 Å². The summed E-state index contributed by atoms with van der Waals surface area (Å²) in [5.41, 5.74) is -2.89. The second-order valence-corrected chi connectivity index (χ2v) is 11.4. The molecule has 0 saturated heterocycles. The predicted molar refractivity (Wildman–Crippen MR) is 132 cm³/mol. The fourth-order valence-corrected chi connectivity index (χ4v) is 5.06. The Hall–Kier alpha value is -3.75. The van der Waals surface area contributed by atoms with Crippen LogP contribution >= 0.6 is 0 Å². The van der Waals surface area contributed by atoms with Gasteiger partial charge in [0.1, 0.15) is 17.7 Å². The molecule has 1 fully saturated rings. The van der Waals surface area contributed by atoms with Gasteiger partial charge in [0.2, 0.25) is 5.60 Å². The van der Waals surface area contributed by atoms with E-state index in [4.69, 9.17) is 4.74 Å². The average molecular weight is 575 g/mol. The molecule has 1 aliphatic carbocycles. The number of hydrogen-bond acceptors (Lipinski definition) is 6. The number of sulfonamides is 1. The first-order valence-corrected chi connectivity index (χ1v) is 13.3. The third kappa shape index (κ3) is 6.64. The van der Waals surface area contributed by atoms with Gasteiger partial charge in [-0.2, -0.15) is 13.2 Å². The smallest absolute Gasteiger partial charge is 0.427 e. The number of hydrogen-bond donors (Lipinski definition) is 3. The maximum Gasteiger partial charge on any atom is 0.427 e. The van der Waals surface area contributed by atoms with Crippen LogP contribution in [0.25, 0.3) is 0 Å². The van der Waals surface area contributed by atoms with E-state index in [0.717, 1.165) is 41.4 Å². The van der Waals surface area contributed by atoms with Gasteiger partial charge in [-0.1, -0.05) is 0 Å². The van der Waals surface area contributed by atoms with Crippen LogP contribution in [0.2, 0.25) is 0 Å². The highest BCUT2D eigenvalue weighted by Crippen LogP contribution is 2.39. The number of amides is 3. The lowest BCUT2D eigenvalue weighted by Crippen LogP contribution is -2.50. The van der Waals surface area contributed by atoms with Crippen LogP contribution < -0.4 is 25.0 Å². The summed E-state index contributed by atoms with van der Waals surface area (Å²) in [6.45, 7) is 1.05. The van der Waals surface area contributed by atoms with Crippen LogP contribution in [0.4, 0.5) is 38.5 Å². The summed E-state index contributed by atoms with van der Waals surface area (Å²) < 4.78 is 91.2. The molecule has 1 unspecified atom stereocenters. The highest BCUT2D eigenvalue weighted by Gasteiger charge is 2.51. The number of nitrogens with zero attached hydrogens (tertiary/aromatic N) is 1. The summed E-state index contributed by atoms with van der Waals surface area (Å²) in [6, 6.07) is 7.60. The first-order chi connectivity index (χ1) is 18.2. The Kier molecular flexibility index (Phi) is 7.56. The molecule has 4 rings (SSSR count). The summed E-state index contributed by atoms with van der Waals surface area (Å²) >= 11 is 0. The Morgan fingerprint density at radius 2 is 1.77 bits per heavy atom. The first kappa shape index (κ1) is 28.3. The molecule has 39 heavy (non-hydrogen) atoms. The van der Waals surface area contributed by atoms with Crippen molar-refractivity contribution in [3.63, 3.8) is 0 Å². The third-order valence-electron chi connectivity index (χ3n) is 5.97. The van der Waals surface area contributed by atoms with Gasteiger partial charge >= 0.3 is 18.3 Å². The maximum absolute atomic E-state index is 13.5. The molecule has 1 heterocycles. The van der Waals surface area contributed by atoms with E-state index in [1.165, 1.54) is 18.2 Å². The van der Waals surface area contributed by atoms with Crippen LogP contribution in [-0.4, -0.2) is 57.6 Å². The lowest BCUT2D eigenvalue weighted by Gasteiger charge is -2.36. The molecule has 0 bridgehead atoms. The zero-order valence-corrected chi connectivity index (χ0v) is 21.7. The van der Waals surface area contributed by atoms with Gasteiger partial charge < -0.3 is 20.1 Å². The molecule has 10 nitrogen and oxygen atoms in total. The minimum Gasteiger partial charge on any atom is -0.484 e.